The number of aromatic nitrogens is 2. The van der Waals surface area contributed by atoms with E-state index in [1.807, 2.05) is 37.3 Å². The summed E-state index contributed by atoms with van der Waals surface area (Å²) in [6.45, 7) is 1.81. The fourth-order valence-electron chi connectivity index (χ4n) is 1.43. The molecule has 0 saturated carbocycles. The quantitative estimate of drug-likeness (QED) is 0.630. The van der Waals surface area contributed by atoms with Gasteiger partial charge in [0.15, 0.2) is 0 Å². The molecular weight excluding hydrogens is 315 g/mol. The number of carbonyl (C=O) groups excluding carboxylic acids is 1. The van der Waals surface area contributed by atoms with Crippen molar-refractivity contribution in [2.24, 2.45) is 0 Å². The molecule has 0 atom stereocenters. The Kier molecular flexibility index (Phi) is 3.28. The molecule has 1 aromatic carbocycles. The van der Waals surface area contributed by atoms with Gasteiger partial charge in [-0.3, -0.25) is 4.79 Å². The van der Waals surface area contributed by atoms with Crippen molar-refractivity contribution >= 4 is 26.4 Å². The maximum Gasteiger partial charge on any atom is 0.226 e. The molecule has 0 unspecified atom stereocenters. The van der Waals surface area contributed by atoms with Crippen LogP contribution in [0.15, 0.2) is 36.5 Å². The monoisotopic (exact) mass is 324 g/mol. The lowest BCUT2D eigenvalue weighted by atomic mass is 10.1. The van der Waals surface area contributed by atoms with Crippen LogP contribution in [0.3, 0.4) is 0 Å². The molecule has 80 valence electrons. The van der Waals surface area contributed by atoms with Crippen molar-refractivity contribution < 1.29 is 4.79 Å². The normalized spacial score (nSPS) is 10.1. The average molecular weight is 324 g/mol. The van der Waals surface area contributed by atoms with E-state index >= 15 is 0 Å². The molecule has 3 nitrogen and oxygen atoms in total. The molecule has 2 rings (SSSR count). The van der Waals surface area contributed by atoms with Gasteiger partial charge >= 0.3 is 0 Å². The predicted molar refractivity (Wildman–Crippen MR) is 70.6 cm³/mol. The number of benzene rings is 1. The Morgan fingerprint density at radius 2 is 1.94 bits per heavy atom. The topological polar surface area (TPSA) is 42.9 Å². The maximum atomic E-state index is 11.5. The van der Waals surface area contributed by atoms with E-state index in [0.29, 0.717) is 17.1 Å². The first-order valence-electron chi connectivity index (χ1n) is 4.77. The number of carbonyl (C=O) groups is 1. The Balaban J connectivity index is 2.63. The second-order valence-corrected chi connectivity index (χ2v) is 4.30. The van der Waals surface area contributed by atoms with E-state index in [9.17, 15) is 4.79 Å². The van der Waals surface area contributed by atoms with Gasteiger partial charge in [0.2, 0.25) is 3.79 Å². The third-order valence-electron chi connectivity index (χ3n) is 2.17. The molecule has 0 spiro atoms. The summed E-state index contributed by atoms with van der Waals surface area (Å²) in [5, 5.41) is 0. The van der Waals surface area contributed by atoms with Crippen LogP contribution in [0, 0.1) is 6.92 Å². The van der Waals surface area contributed by atoms with Gasteiger partial charge in [0.1, 0.15) is 5.82 Å². The first-order chi connectivity index (χ1) is 7.68. The highest BCUT2D eigenvalue weighted by Crippen LogP contribution is 2.22. The van der Waals surface area contributed by atoms with Gasteiger partial charge in [-0.25, -0.2) is 9.97 Å². The van der Waals surface area contributed by atoms with Crippen LogP contribution in [0.25, 0.3) is 11.3 Å². The Labute approximate surface area is 107 Å². The molecular formula is C12H9IN2O. The number of nitrogens with zero attached hydrogens (tertiary/aromatic N) is 2. The first-order valence-corrected chi connectivity index (χ1v) is 5.85. The highest BCUT2D eigenvalue weighted by atomic mass is 127. The highest BCUT2D eigenvalue weighted by molar-refractivity contribution is 14.1. The zero-order chi connectivity index (χ0) is 11.5. The molecule has 1 aromatic heterocycles. The van der Waals surface area contributed by atoms with Crippen molar-refractivity contribution in [3.8, 4) is 11.3 Å². The summed E-state index contributed by atoms with van der Waals surface area (Å²) in [5.41, 5.74) is 2.19. The van der Waals surface area contributed by atoms with Gasteiger partial charge in [-0.15, -0.1) is 0 Å². The van der Waals surface area contributed by atoms with Gasteiger partial charge in [0, 0.05) is 34.4 Å². The fraction of sp³-hybridized carbons (Fsp3) is 0.0833. The van der Waals surface area contributed by atoms with Gasteiger partial charge in [0.05, 0.1) is 11.3 Å². The predicted octanol–water partition coefficient (Wildman–Crippen LogP) is 3.03. The molecule has 0 bridgehead atoms. The molecule has 0 fully saturated rings. The summed E-state index contributed by atoms with van der Waals surface area (Å²) >= 11 is 1.75. The Hall–Kier alpha value is -1.30. The molecule has 2 aromatic rings. The lowest BCUT2D eigenvalue weighted by Crippen LogP contribution is -2.00. The number of halogens is 1. The molecule has 0 saturated heterocycles. The van der Waals surface area contributed by atoms with Crippen molar-refractivity contribution in [2.75, 3.05) is 0 Å². The molecule has 0 radical (unpaired) electrons. The number of aryl methyl sites for hydroxylation is 1. The van der Waals surface area contributed by atoms with Crippen LogP contribution in [0.1, 0.15) is 16.2 Å². The van der Waals surface area contributed by atoms with E-state index in [0.717, 1.165) is 5.56 Å². The van der Waals surface area contributed by atoms with Crippen LogP contribution in [-0.4, -0.2) is 13.8 Å². The Bertz CT molecular complexity index is 526. The average Bonchev–Trinajstić information content (AvgIpc) is 2.29. The molecule has 1 heterocycles. The summed E-state index contributed by atoms with van der Waals surface area (Å²) in [5.74, 6) is 0.667. The zero-order valence-corrected chi connectivity index (χ0v) is 10.8. The molecule has 16 heavy (non-hydrogen) atoms. The number of hydrogen-bond donors (Lipinski definition) is 0. The van der Waals surface area contributed by atoms with Gasteiger partial charge in [-0.05, 0) is 6.92 Å². The Morgan fingerprint density at radius 1 is 1.25 bits per heavy atom. The van der Waals surface area contributed by atoms with E-state index < -0.39 is 0 Å². The largest absolute Gasteiger partial charge is 0.282 e. The Morgan fingerprint density at radius 3 is 2.56 bits per heavy atom. The van der Waals surface area contributed by atoms with Crippen LogP contribution in [-0.2, 0) is 0 Å². The van der Waals surface area contributed by atoms with Crippen molar-refractivity contribution in [1.29, 1.82) is 0 Å². The smallest absolute Gasteiger partial charge is 0.226 e. The van der Waals surface area contributed by atoms with E-state index in [4.69, 9.17) is 0 Å². The summed E-state index contributed by atoms with van der Waals surface area (Å²) in [7, 11) is 0. The molecule has 4 heteroatoms. The lowest BCUT2D eigenvalue weighted by molar-refractivity contribution is 0.110. The van der Waals surface area contributed by atoms with Gasteiger partial charge < -0.3 is 0 Å². The maximum absolute atomic E-state index is 11.5. The van der Waals surface area contributed by atoms with Crippen LogP contribution in [0.4, 0.5) is 0 Å². The minimum absolute atomic E-state index is 0.0450. The van der Waals surface area contributed by atoms with E-state index in [1.165, 1.54) is 0 Å². The molecule has 0 amide bonds. The summed E-state index contributed by atoms with van der Waals surface area (Å²) < 4.78 is -0.0450. The molecule has 0 aliphatic rings. The second-order valence-electron chi connectivity index (χ2n) is 3.32. The first kappa shape index (κ1) is 11.2. The lowest BCUT2D eigenvalue weighted by Gasteiger charge is -2.05. The zero-order valence-electron chi connectivity index (χ0n) is 8.64. The molecule has 0 N–H and O–H groups in total. The van der Waals surface area contributed by atoms with Crippen molar-refractivity contribution in [3.05, 3.63) is 47.9 Å². The van der Waals surface area contributed by atoms with E-state index in [1.54, 1.807) is 28.8 Å². The van der Waals surface area contributed by atoms with E-state index in [2.05, 4.69) is 9.97 Å². The number of hydrogen-bond acceptors (Lipinski definition) is 3. The summed E-state index contributed by atoms with van der Waals surface area (Å²) in [6.07, 6.45) is 1.58. The SMILES string of the molecule is Cc1ncc(C(=O)I)c(-c2ccccc2)n1. The summed E-state index contributed by atoms with van der Waals surface area (Å²) in [4.78, 5) is 19.8. The van der Waals surface area contributed by atoms with Gasteiger partial charge in [-0.2, -0.15) is 0 Å². The van der Waals surface area contributed by atoms with Crippen molar-refractivity contribution in [2.45, 2.75) is 6.92 Å². The highest BCUT2D eigenvalue weighted by Gasteiger charge is 2.12. The van der Waals surface area contributed by atoms with E-state index in [-0.39, 0.29) is 3.79 Å². The number of rotatable bonds is 2. The standard InChI is InChI=1S/C12H9IN2O/c1-8-14-7-10(12(13)16)11(15-8)9-5-3-2-4-6-9/h2-7H,1H3. The second kappa shape index (κ2) is 4.69. The fourth-order valence-corrected chi connectivity index (χ4v) is 1.82. The van der Waals surface area contributed by atoms with Crippen molar-refractivity contribution in [3.63, 3.8) is 0 Å². The van der Waals surface area contributed by atoms with Crippen LogP contribution >= 0.6 is 22.6 Å². The third kappa shape index (κ3) is 2.27. The molecule has 0 aliphatic heterocycles. The molecule has 0 aliphatic carbocycles. The minimum atomic E-state index is -0.0450. The summed E-state index contributed by atoms with van der Waals surface area (Å²) in [6, 6.07) is 9.65. The van der Waals surface area contributed by atoms with Crippen LogP contribution in [0.5, 0.6) is 0 Å². The van der Waals surface area contributed by atoms with Crippen LogP contribution in [0.2, 0.25) is 0 Å². The van der Waals surface area contributed by atoms with Gasteiger partial charge in [0.25, 0.3) is 0 Å². The third-order valence-corrected chi connectivity index (χ3v) is 2.75. The van der Waals surface area contributed by atoms with Gasteiger partial charge in [-0.1, -0.05) is 30.3 Å². The van der Waals surface area contributed by atoms with Crippen LogP contribution < -0.4 is 0 Å². The minimum Gasteiger partial charge on any atom is -0.282 e. The van der Waals surface area contributed by atoms with Crippen molar-refractivity contribution in [1.82, 2.24) is 9.97 Å².